The molecule has 7 heteroatoms. The fourth-order valence-corrected chi connectivity index (χ4v) is 4.01. The zero-order valence-corrected chi connectivity index (χ0v) is 15.5. The number of aromatic nitrogens is 2. The molecule has 2 aromatic rings. The first kappa shape index (κ1) is 18.0. The van der Waals surface area contributed by atoms with E-state index in [1.54, 1.807) is 0 Å². The summed E-state index contributed by atoms with van der Waals surface area (Å²) in [4.78, 5) is 11.6. The van der Waals surface area contributed by atoms with Gasteiger partial charge in [0.25, 0.3) is 0 Å². The van der Waals surface area contributed by atoms with Crippen LogP contribution in [0, 0.1) is 6.92 Å². The summed E-state index contributed by atoms with van der Waals surface area (Å²) in [6, 6.07) is 12.1. The van der Waals surface area contributed by atoms with Gasteiger partial charge >= 0.3 is 0 Å². The average Bonchev–Trinajstić information content (AvgIpc) is 2.56. The van der Waals surface area contributed by atoms with E-state index in [2.05, 4.69) is 14.6 Å². The number of rotatable bonds is 5. The Bertz CT molecular complexity index is 816. The third-order valence-corrected chi connectivity index (χ3v) is 5.06. The molecule has 0 spiro atoms. The van der Waals surface area contributed by atoms with Crippen LogP contribution in [0.4, 0.5) is 0 Å². The number of benzene rings is 1. The first-order valence-corrected chi connectivity index (χ1v) is 10.4. The maximum Gasteiger partial charge on any atom is 0.208 e. The number of nitrogens with zero attached hydrogens (tertiary/aromatic N) is 3. The fraction of sp³-hybridized carbons (Fsp3) is 0.444. The van der Waals surface area contributed by atoms with Crippen molar-refractivity contribution in [3.8, 4) is 11.3 Å². The third kappa shape index (κ3) is 5.32. The standard InChI is InChI=1S/C18H24N4O2S/c1-14-12-17(15-6-4-3-5-7-15)20-18(19-14)13-22-10-8-16(9-11-22)21-25(2,23)24/h3-7,12,16,21H,8-11,13H2,1-2H3. The van der Waals surface area contributed by atoms with E-state index < -0.39 is 10.0 Å². The van der Waals surface area contributed by atoms with Crippen molar-refractivity contribution >= 4 is 10.0 Å². The van der Waals surface area contributed by atoms with Gasteiger partial charge in [0.1, 0.15) is 5.82 Å². The highest BCUT2D eigenvalue weighted by atomic mass is 32.2. The number of aryl methyl sites for hydroxylation is 1. The van der Waals surface area contributed by atoms with Gasteiger partial charge < -0.3 is 0 Å². The summed E-state index contributed by atoms with van der Waals surface area (Å²) in [5.41, 5.74) is 2.99. The molecule has 3 rings (SSSR count). The van der Waals surface area contributed by atoms with Crippen molar-refractivity contribution in [2.24, 2.45) is 0 Å². The second-order valence-corrected chi connectivity index (χ2v) is 8.40. The molecule has 0 radical (unpaired) electrons. The molecule has 1 fully saturated rings. The van der Waals surface area contributed by atoms with Gasteiger partial charge in [-0.2, -0.15) is 0 Å². The van der Waals surface area contributed by atoms with Crippen molar-refractivity contribution in [2.45, 2.75) is 32.4 Å². The molecule has 0 saturated carbocycles. The Balaban J connectivity index is 1.65. The Hall–Kier alpha value is -1.83. The zero-order valence-electron chi connectivity index (χ0n) is 14.6. The van der Waals surface area contributed by atoms with Gasteiger partial charge in [-0.25, -0.2) is 23.1 Å². The highest BCUT2D eigenvalue weighted by molar-refractivity contribution is 7.88. The van der Waals surface area contributed by atoms with Crippen molar-refractivity contribution in [3.05, 3.63) is 47.9 Å². The van der Waals surface area contributed by atoms with Gasteiger partial charge in [0, 0.05) is 30.4 Å². The van der Waals surface area contributed by atoms with Crippen molar-refractivity contribution in [1.82, 2.24) is 19.6 Å². The lowest BCUT2D eigenvalue weighted by molar-refractivity contribution is 0.195. The molecule has 134 valence electrons. The molecule has 0 atom stereocenters. The number of sulfonamides is 1. The number of hydrogen-bond donors (Lipinski definition) is 1. The Morgan fingerprint density at radius 1 is 1.16 bits per heavy atom. The van der Waals surface area contributed by atoms with Crippen LogP contribution in [0.15, 0.2) is 36.4 Å². The molecule has 1 aromatic carbocycles. The van der Waals surface area contributed by atoms with Crippen LogP contribution in [0.2, 0.25) is 0 Å². The summed E-state index contributed by atoms with van der Waals surface area (Å²) in [6.45, 7) is 4.35. The SMILES string of the molecule is Cc1cc(-c2ccccc2)nc(CN2CCC(NS(C)(=O)=O)CC2)n1. The summed E-state index contributed by atoms with van der Waals surface area (Å²) >= 11 is 0. The molecule has 1 aliphatic rings. The zero-order chi connectivity index (χ0) is 17.9. The largest absolute Gasteiger partial charge is 0.296 e. The molecule has 0 bridgehead atoms. The fourth-order valence-electron chi connectivity index (χ4n) is 3.17. The highest BCUT2D eigenvalue weighted by Crippen LogP contribution is 2.19. The number of hydrogen-bond acceptors (Lipinski definition) is 5. The van der Waals surface area contributed by atoms with E-state index in [0.717, 1.165) is 48.7 Å². The Morgan fingerprint density at radius 2 is 1.84 bits per heavy atom. The first-order chi connectivity index (χ1) is 11.9. The quantitative estimate of drug-likeness (QED) is 0.882. The molecule has 2 heterocycles. The lowest BCUT2D eigenvalue weighted by Crippen LogP contribution is -2.44. The van der Waals surface area contributed by atoms with Crippen molar-refractivity contribution in [3.63, 3.8) is 0 Å². The van der Waals surface area contributed by atoms with Crippen molar-refractivity contribution < 1.29 is 8.42 Å². The van der Waals surface area contributed by atoms with Crippen LogP contribution in [-0.4, -0.2) is 48.7 Å². The van der Waals surface area contributed by atoms with Crippen LogP contribution >= 0.6 is 0 Å². The summed E-state index contributed by atoms with van der Waals surface area (Å²) in [5, 5.41) is 0. The monoisotopic (exact) mass is 360 g/mol. The molecule has 25 heavy (non-hydrogen) atoms. The lowest BCUT2D eigenvalue weighted by atomic mass is 10.1. The van der Waals surface area contributed by atoms with Gasteiger partial charge in [-0.3, -0.25) is 4.90 Å². The van der Waals surface area contributed by atoms with E-state index in [-0.39, 0.29) is 6.04 Å². The van der Waals surface area contributed by atoms with Crippen LogP contribution in [0.25, 0.3) is 11.3 Å². The minimum Gasteiger partial charge on any atom is -0.296 e. The smallest absolute Gasteiger partial charge is 0.208 e. The molecule has 1 N–H and O–H groups in total. The first-order valence-electron chi connectivity index (χ1n) is 8.49. The Kier molecular flexibility index (Phi) is 5.46. The van der Waals surface area contributed by atoms with E-state index in [9.17, 15) is 8.42 Å². The molecule has 1 aliphatic heterocycles. The molecular weight excluding hydrogens is 336 g/mol. The van der Waals surface area contributed by atoms with Gasteiger partial charge in [0.2, 0.25) is 10.0 Å². The molecule has 1 aromatic heterocycles. The van der Waals surface area contributed by atoms with E-state index in [0.29, 0.717) is 6.54 Å². The van der Waals surface area contributed by atoms with Crippen LogP contribution in [0.1, 0.15) is 24.4 Å². The number of nitrogens with one attached hydrogen (secondary N) is 1. The molecule has 0 aliphatic carbocycles. The minimum absolute atomic E-state index is 0.0320. The van der Waals surface area contributed by atoms with Gasteiger partial charge in [-0.1, -0.05) is 30.3 Å². The van der Waals surface area contributed by atoms with E-state index in [1.165, 1.54) is 6.26 Å². The summed E-state index contributed by atoms with van der Waals surface area (Å²) in [5.74, 6) is 0.813. The van der Waals surface area contributed by atoms with Gasteiger partial charge in [0.15, 0.2) is 0 Å². The predicted molar refractivity (Wildman–Crippen MR) is 98.5 cm³/mol. The van der Waals surface area contributed by atoms with Crippen LogP contribution < -0.4 is 4.72 Å². The third-order valence-electron chi connectivity index (χ3n) is 4.30. The van der Waals surface area contributed by atoms with Crippen LogP contribution in [0.5, 0.6) is 0 Å². The predicted octanol–water partition coefficient (Wildman–Crippen LogP) is 1.97. The normalized spacial score (nSPS) is 16.9. The average molecular weight is 360 g/mol. The Morgan fingerprint density at radius 3 is 2.48 bits per heavy atom. The number of likely N-dealkylation sites (tertiary alicyclic amines) is 1. The van der Waals surface area contributed by atoms with Gasteiger partial charge in [0.05, 0.1) is 18.5 Å². The topological polar surface area (TPSA) is 75.2 Å². The summed E-state index contributed by atoms with van der Waals surface area (Å²) in [7, 11) is -3.14. The summed E-state index contributed by atoms with van der Waals surface area (Å²) < 4.78 is 25.4. The van der Waals surface area contributed by atoms with Crippen molar-refractivity contribution in [1.29, 1.82) is 0 Å². The summed E-state index contributed by atoms with van der Waals surface area (Å²) in [6.07, 6.45) is 2.83. The van der Waals surface area contributed by atoms with E-state index >= 15 is 0 Å². The molecule has 1 saturated heterocycles. The minimum atomic E-state index is -3.14. The molecule has 0 amide bonds. The highest BCUT2D eigenvalue weighted by Gasteiger charge is 2.22. The Labute approximate surface area is 149 Å². The van der Waals surface area contributed by atoms with Crippen LogP contribution in [-0.2, 0) is 16.6 Å². The van der Waals surface area contributed by atoms with Gasteiger partial charge in [-0.05, 0) is 25.8 Å². The maximum atomic E-state index is 11.3. The van der Waals surface area contributed by atoms with Crippen molar-refractivity contribution in [2.75, 3.05) is 19.3 Å². The molecular formula is C18H24N4O2S. The van der Waals surface area contributed by atoms with Crippen LogP contribution in [0.3, 0.4) is 0 Å². The van der Waals surface area contributed by atoms with Gasteiger partial charge in [-0.15, -0.1) is 0 Å². The lowest BCUT2D eigenvalue weighted by Gasteiger charge is -2.31. The second-order valence-electron chi connectivity index (χ2n) is 6.62. The second kappa shape index (κ2) is 7.59. The van der Waals surface area contributed by atoms with E-state index in [1.807, 2.05) is 43.3 Å². The maximum absolute atomic E-state index is 11.3. The molecule has 0 unspecified atom stereocenters. The van der Waals surface area contributed by atoms with E-state index in [4.69, 9.17) is 4.98 Å². The molecule has 6 nitrogen and oxygen atoms in total. The number of piperidine rings is 1.